The average molecular weight is 460 g/mol. The van der Waals surface area contributed by atoms with Crippen molar-refractivity contribution in [3.8, 4) is 16.6 Å². The molecule has 2 aromatic carbocycles. The number of halogens is 2. The van der Waals surface area contributed by atoms with Crippen LogP contribution in [0.1, 0.15) is 16.9 Å². The Labute approximate surface area is 187 Å². The number of esters is 1. The highest BCUT2D eigenvalue weighted by atomic mass is 35.5. The van der Waals surface area contributed by atoms with Gasteiger partial charge in [0.2, 0.25) is 0 Å². The van der Waals surface area contributed by atoms with Crippen LogP contribution in [-0.4, -0.2) is 30.0 Å². The number of aromatic nitrogens is 1. The summed E-state index contributed by atoms with van der Waals surface area (Å²) in [5.74, 6) is -1.18. The summed E-state index contributed by atoms with van der Waals surface area (Å²) in [4.78, 5) is 30.6. The van der Waals surface area contributed by atoms with Crippen molar-refractivity contribution in [2.45, 2.75) is 6.42 Å². The number of benzene rings is 2. The lowest BCUT2D eigenvalue weighted by atomic mass is 10.2. The maximum Gasteiger partial charge on any atom is 0.358 e. The first-order valence-electron chi connectivity index (χ1n) is 8.79. The number of nitriles is 1. The lowest BCUT2D eigenvalue weighted by molar-refractivity contribution is -0.121. The molecule has 30 heavy (non-hydrogen) atoms. The van der Waals surface area contributed by atoms with Gasteiger partial charge < -0.3 is 9.64 Å². The van der Waals surface area contributed by atoms with Crippen molar-refractivity contribution in [2.24, 2.45) is 0 Å². The highest BCUT2D eigenvalue weighted by Gasteiger charge is 2.20. The molecule has 1 amide bonds. The summed E-state index contributed by atoms with van der Waals surface area (Å²) in [7, 11) is 0. The zero-order valence-electron chi connectivity index (χ0n) is 15.5. The Bertz CT molecular complexity index is 1110. The molecule has 9 heteroatoms. The van der Waals surface area contributed by atoms with Gasteiger partial charge >= 0.3 is 5.97 Å². The number of carbonyl (C=O) groups is 2. The fraction of sp³-hybridized carbons (Fsp3) is 0.143. The highest BCUT2D eigenvalue weighted by molar-refractivity contribution is 7.13. The standard InChI is InChI=1S/C21H15Cl2N3O3S/c22-15-5-1-4-14(10-15)20-25-18(13-30-20)21(28)29-12-19(27)26(9-3-8-24)17-7-2-6-16(23)11-17/h1-2,4-7,10-11,13H,3,9,12H2. The van der Waals surface area contributed by atoms with Crippen LogP contribution in [0.15, 0.2) is 53.9 Å². The van der Waals surface area contributed by atoms with E-state index in [0.29, 0.717) is 20.7 Å². The molecule has 0 aliphatic carbocycles. The van der Waals surface area contributed by atoms with Gasteiger partial charge in [-0.15, -0.1) is 11.3 Å². The molecule has 0 saturated heterocycles. The molecule has 0 spiro atoms. The van der Waals surface area contributed by atoms with Gasteiger partial charge in [0, 0.05) is 33.2 Å². The van der Waals surface area contributed by atoms with Gasteiger partial charge in [-0.25, -0.2) is 9.78 Å². The largest absolute Gasteiger partial charge is 0.451 e. The Morgan fingerprint density at radius 1 is 1.13 bits per heavy atom. The second kappa shape index (κ2) is 10.2. The maximum atomic E-state index is 12.6. The van der Waals surface area contributed by atoms with Crippen molar-refractivity contribution >= 4 is 52.1 Å². The molecule has 0 aliphatic heterocycles. The van der Waals surface area contributed by atoms with E-state index in [4.69, 9.17) is 33.2 Å². The zero-order chi connectivity index (χ0) is 21.5. The molecule has 0 bridgehead atoms. The second-order valence-electron chi connectivity index (χ2n) is 6.06. The predicted octanol–water partition coefficient (Wildman–Crippen LogP) is 5.22. The van der Waals surface area contributed by atoms with E-state index in [-0.39, 0.29) is 18.7 Å². The first-order chi connectivity index (χ1) is 14.5. The van der Waals surface area contributed by atoms with E-state index in [1.807, 2.05) is 12.1 Å². The van der Waals surface area contributed by atoms with E-state index in [0.717, 1.165) is 5.56 Å². The minimum Gasteiger partial charge on any atom is -0.451 e. The molecular weight excluding hydrogens is 445 g/mol. The smallest absolute Gasteiger partial charge is 0.358 e. The first-order valence-corrected chi connectivity index (χ1v) is 10.4. The van der Waals surface area contributed by atoms with Crippen molar-refractivity contribution in [1.82, 2.24) is 4.98 Å². The monoisotopic (exact) mass is 459 g/mol. The Kier molecular flexibility index (Phi) is 7.41. The van der Waals surface area contributed by atoms with Gasteiger partial charge in [0.25, 0.3) is 5.91 Å². The minimum atomic E-state index is -0.709. The Hall–Kier alpha value is -2.92. The average Bonchev–Trinajstić information content (AvgIpc) is 3.23. The van der Waals surface area contributed by atoms with Crippen LogP contribution in [0.3, 0.4) is 0 Å². The fourth-order valence-electron chi connectivity index (χ4n) is 2.60. The molecule has 3 aromatic rings. The molecule has 0 radical (unpaired) electrons. The number of carbonyl (C=O) groups excluding carboxylic acids is 2. The number of anilines is 1. The Morgan fingerprint density at radius 3 is 2.57 bits per heavy atom. The number of hydrogen-bond acceptors (Lipinski definition) is 6. The molecule has 3 rings (SSSR count). The summed E-state index contributed by atoms with van der Waals surface area (Å²) in [6, 6.07) is 15.8. The van der Waals surface area contributed by atoms with Crippen LogP contribution in [0.5, 0.6) is 0 Å². The van der Waals surface area contributed by atoms with Crippen LogP contribution in [0, 0.1) is 11.3 Å². The van der Waals surface area contributed by atoms with Gasteiger partial charge in [-0.05, 0) is 30.3 Å². The highest BCUT2D eigenvalue weighted by Crippen LogP contribution is 2.26. The third-order valence-corrected chi connectivity index (χ3v) is 5.34. The van der Waals surface area contributed by atoms with Gasteiger partial charge in [0.1, 0.15) is 5.01 Å². The topological polar surface area (TPSA) is 83.3 Å². The number of thiazole rings is 1. The summed E-state index contributed by atoms with van der Waals surface area (Å²) >= 11 is 13.3. The molecule has 0 atom stereocenters. The molecule has 1 heterocycles. The molecule has 0 fully saturated rings. The van der Waals surface area contributed by atoms with Crippen LogP contribution < -0.4 is 4.90 Å². The lowest BCUT2D eigenvalue weighted by Gasteiger charge is -2.21. The lowest BCUT2D eigenvalue weighted by Crippen LogP contribution is -2.35. The molecule has 1 aromatic heterocycles. The quantitative estimate of drug-likeness (QED) is 0.452. The maximum absolute atomic E-state index is 12.6. The van der Waals surface area contributed by atoms with Crippen molar-refractivity contribution in [3.05, 3.63) is 69.7 Å². The summed E-state index contributed by atoms with van der Waals surface area (Å²) in [6.45, 7) is -0.330. The number of hydrogen-bond donors (Lipinski definition) is 0. The number of nitrogens with zero attached hydrogens (tertiary/aromatic N) is 3. The second-order valence-corrected chi connectivity index (χ2v) is 7.79. The summed E-state index contributed by atoms with van der Waals surface area (Å²) < 4.78 is 5.15. The van der Waals surface area contributed by atoms with Crippen molar-refractivity contribution in [1.29, 1.82) is 5.26 Å². The predicted molar refractivity (Wildman–Crippen MR) is 117 cm³/mol. The van der Waals surface area contributed by atoms with Crippen molar-refractivity contribution < 1.29 is 14.3 Å². The molecule has 6 nitrogen and oxygen atoms in total. The fourth-order valence-corrected chi connectivity index (χ4v) is 3.77. The zero-order valence-corrected chi connectivity index (χ0v) is 17.9. The molecular formula is C21H15Cl2N3O3S. The van der Waals surface area contributed by atoms with Crippen LogP contribution >= 0.6 is 34.5 Å². The number of ether oxygens (including phenoxy) is 1. The third-order valence-electron chi connectivity index (χ3n) is 3.98. The van der Waals surface area contributed by atoms with E-state index in [9.17, 15) is 9.59 Å². The van der Waals surface area contributed by atoms with Gasteiger partial charge in [-0.2, -0.15) is 5.26 Å². The van der Waals surface area contributed by atoms with E-state index in [2.05, 4.69) is 4.98 Å². The molecule has 0 N–H and O–H groups in total. The SMILES string of the molecule is N#CCCN(C(=O)COC(=O)c1csc(-c2cccc(Cl)c2)n1)c1cccc(Cl)c1. The summed E-state index contributed by atoms with van der Waals surface area (Å²) in [6.07, 6.45) is 0.126. The minimum absolute atomic E-state index is 0.106. The van der Waals surface area contributed by atoms with Crippen LogP contribution in [0.25, 0.3) is 10.6 Å². The van der Waals surface area contributed by atoms with Crippen molar-refractivity contribution in [3.63, 3.8) is 0 Å². The van der Waals surface area contributed by atoms with Gasteiger partial charge in [-0.1, -0.05) is 41.4 Å². The van der Waals surface area contributed by atoms with Gasteiger partial charge in [0.05, 0.1) is 12.5 Å². The number of rotatable bonds is 7. The van der Waals surface area contributed by atoms with E-state index >= 15 is 0 Å². The third kappa shape index (κ3) is 5.57. The van der Waals surface area contributed by atoms with Crippen LogP contribution in [-0.2, 0) is 9.53 Å². The Balaban J connectivity index is 1.67. The summed E-state index contributed by atoms with van der Waals surface area (Å²) in [5, 5.41) is 12.1. The van der Waals surface area contributed by atoms with Gasteiger partial charge in [-0.3, -0.25) is 4.79 Å². The van der Waals surface area contributed by atoms with Crippen molar-refractivity contribution in [2.75, 3.05) is 18.1 Å². The summed E-state index contributed by atoms with van der Waals surface area (Å²) in [5.41, 5.74) is 1.41. The number of amides is 1. The first kappa shape index (κ1) is 21.8. The van der Waals surface area contributed by atoms with Crippen LogP contribution in [0.2, 0.25) is 10.0 Å². The Morgan fingerprint density at radius 2 is 1.87 bits per heavy atom. The molecule has 0 unspecified atom stereocenters. The molecule has 0 aliphatic rings. The molecule has 0 saturated carbocycles. The van der Waals surface area contributed by atoms with E-state index in [1.54, 1.807) is 47.8 Å². The van der Waals surface area contributed by atoms with E-state index in [1.165, 1.54) is 16.2 Å². The normalized spacial score (nSPS) is 10.3. The van der Waals surface area contributed by atoms with Crippen LogP contribution in [0.4, 0.5) is 5.69 Å². The van der Waals surface area contributed by atoms with Gasteiger partial charge in [0.15, 0.2) is 12.3 Å². The van der Waals surface area contributed by atoms with E-state index < -0.39 is 18.5 Å². The molecule has 152 valence electrons.